The first-order valence-electron chi connectivity index (χ1n) is 23.0. The topological polar surface area (TPSA) is 187 Å². The summed E-state index contributed by atoms with van der Waals surface area (Å²) >= 11 is 0. The molecule has 0 bridgehead atoms. The number of aromatic nitrogens is 4. The van der Waals surface area contributed by atoms with E-state index in [-0.39, 0.29) is 29.5 Å². The first-order valence-corrected chi connectivity index (χ1v) is 24.1. The summed E-state index contributed by atoms with van der Waals surface area (Å²) < 4.78 is 17.7. The van der Waals surface area contributed by atoms with Crippen molar-refractivity contribution in [2.24, 2.45) is 7.05 Å². The maximum Gasteiger partial charge on any atom is 0.236 e. The number of nitrogens with one attached hydrogen (secondary N) is 4. The number of carbonyl (C=O) groups excluding carboxylic acids is 3. The van der Waals surface area contributed by atoms with Crippen molar-refractivity contribution in [3.63, 3.8) is 0 Å². The average Bonchev–Trinajstić information content (AvgIpc) is 4.01. The van der Waals surface area contributed by atoms with Gasteiger partial charge in [-0.25, -0.2) is 13.5 Å². The second kappa shape index (κ2) is 22.7. The molecule has 4 fully saturated rings. The van der Waals surface area contributed by atoms with Crippen LogP contribution >= 0.6 is 0 Å². The van der Waals surface area contributed by atoms with Crippen LogP contribution < -0.4 is 21.3 Å². The fourth-order valence-electron chi connectivity index (χ4n) is 9.07. The summed E-state index contributed by atoms with van der Waals surface area (Å²) in [6, 6.07) is 15.6. The molecule has 5 aliphatic rings. The molecule has 2 atom stereocenters. The molecule has 0 radical (unpaired) electrons. The molecule has 15 nitrogen and oxygen atoms in total. The number of aliphatic hydroxyl groups is 1. The highest BCUT2D eigenvalue weighted by molar-refractivity contribution is 7.82. The van der Waals surface area contributed by atoms with Crippen molar-refractivity contribution in [2.45, 2.75) is 132 Å². The lowest BCUT2D eigenvalue weighted by Crippen LogP contribution is -2.40. The second-order valence-corrected chi connectivity index (χ2v) is 18.5. The van der Waals surface area contributed by atoms with Gasteiger partial charge in [-0.3, -0.25) is 19.2 Å². The molecule has 5 heterocycles. The fourth-order valence-corrected chi connectivity index (χ4v) is 10.3. The van der Waals surface area contributed by atoms with Crippen LogP contribution in [0.5, 0.6) is 0 Å². The van der Waals surface area contributed by atoms with Gasteiger partial charge in [0.2, 0.25) is 18.3 Å². The van der Waals surface area contributed by atoms with E-state index in [4.69, 9.17) is 5.11 Å². The molecule has 2 unspecified atom stereocenters. The number of hydrogen-bond donors (Lipinski definition) is 5. The summed E-state index contributed by atoms with van der Waals surface area (Å²) in [4.78, 5) is 43.9. The number of benzene rings is 2. The van der Waals surface area contributed by atoms with E-state index >= 15 is 0 Å². The van der Waals surface area contributed by atoms with Crippen LogP contribution in [0.2, 0.25) is 0 Å². The molecule has 2 aromatic carbocycles. The Hall–Kier alpha value is -4.77. The Morgan fingerprint density at radius 1 is 0.984 bits per heavy atom. The highest BCUT2D eigenvalue weighted by atomic mass is 32.2. The molecule has 4 aromatic rings. The third kappa shape index (κ3) is 11.7. The Morgan fingerprint density at radius 3 is 2.35 bits per heavy atom. The molecule has 63 heavy (non-hydrogen) atoms. The van der Waals surface area contributed by atoms with Gasteiger partial charge in [-0.1, -0.05) is 51.3 Å². The molecule has 2 amide bonds. The van der Waals surface area contributed by atoms with Gasteiger partial charge in [0, 0.05) is 69.4 Å². The van der Waals surface area contributed by atoms with Crippen LogP contribution in [0.3, 0.4) is 0 Å². The van der Waals surface area contributed by atoms with Gasteiger partial charge >= 0.3 is 0 Å². The number of aliphatic hydroxyl groups excluding tert-OH is 1. The van der Waals surface area contributed by atoms with Gasteiger partial charge in [0.15, 0.2) is 5.82 Å². The van der Waals surface area contributed by atoms with Crippen molar-refractivity contribution in [1.29, 1.82) is 0 Å². The molecule has 16 heteroatoms. The maximum atomic E-state index is 13.7. The summed E-state index contributed by atoms with van der Waals surface area (Å²) in [6.07, 6.45) is 15.1. The third-order valence-corrected chi connectivity index (χ3v) is 14.5. The number of amides is 2. The lowest BCUT2D eigenvalue weighted by molar-refractivity contribution is -0.118. The van der Waals surface area contributed by atoms with Crippen molar-refractivity contribution in [2.75, 3.05) is 55.7 Å². The van der Waals surface area contributed by atoms with Crippen molar-refractivity contribution in [1.82, 2.24) is 34.3 Å². The normalized spacial score (nSPS) is 19.7. The van der Waals surface area contributed by atoms with E-state index in [1.165, 1.54) is 35.9 Å². The monoisotopic (exact) mass is 885 g/mol. The quantitative estimate of drug-likeness (QED) is 0.0764. The van der Waals surface area contributed by atoms with Crippen molar-refractivity contribution < 1.29 is 23.7 Å². The summed E-state index contributed by atoms with van der Waals surface area (Å²) in [5.74, 6) is 2.71. The molecule has 5 N–H and O–H groups in total. The molecule has 2 aromatic heterocycles. The minimum atomic E-state index is -1.22. The minimum Gasteiger partial charge on any atom is -0.393 e. The fraction of sp³-hybridized carbons (Fsp3) is 0.574. The standard InChI is InChI=1S/C35H43N9O2S.C6H12O.C4H7NO2.C2H6/c1-22(43-15-9-23(10-16-43)25-7-8-28-30(20-25)42(3)41-31(28)36-2)24-5-4-6-27(19-24)47(46)44-17-11-26(12-18-44)38-34-37-21-29-32(40-34)39-33(45)35(29)13-14-35;7-6-4-2-1-3-5-6;6-3-1-2-5-4-7;1-2/h4-8,19-23,26H,9-18H2,1-3H3,(H,36,41)(H2,37,38,39,40,45);6-7H,1-5H2;3-4H,1-2H2,(H,5,7);1-2H3. The van der Waals surface area contributed by atoms with Gasteiger partial charge < -0.3 is 31.2 Å². The molecular weight excluding hydrogens is 817 g/mol. The Morgan fingerprint density at radius 2 is 1.71 bits per heavy atom. The number of hydrogen-bond acceptors (Lipinski definition) is 11. The first kappa shape index (κ1) is 47.7. The highest BCUT2D eigenvalue weighted by Gasteiger charge is 2.57. The minimum absolute atomic E-state index is 0.0359. The van der Waals surface area contributed by atoms with E-state index in [0.29, 0.717) is 37.1 Å². The first-order chi connectivity index (χ1) is 30.6. The molecule has 9 rings (SSSR count). The van der Waals surface area contributed by atoms with Crippen LogP contribution in [0, 0.1) is 0 Å². The SMILES string of the molecule is CC.CNc1nn(C)c2cc(C3CCN(C(C)c4cccc(S(=O)N5CCC(Nc6ncc7c(n6)NC(=O)C76CC6)CC5)c4)CC3)ccc12.O=CCCNC=O.OC1CCCCC1. The Balaban J connectivity index is 0.000000352. The van der Waals surface area contributed by atoms with Crippen molar-refractivity contribution in [3.8, 4) is 0 Å². The maximum absolute atomic E-state index is 13.7. The van der Waals surface area contributed by atoms with Gasteiger partial charge in [0.05, 0.1) is 21.9 Å². The van der Waals surface area contributed by atoms with Crippen LogP contribution in [0.25, 0.3) is 10.9 Å². The number of carbonyl (C=O) groups is 3. The summed E-state index contributed by atoms with van der Waals surface area (Å²) in [5, 5.41) is 26.6. The summed E-state index contributed by atoms with van der Waals surface area (Å²) in [7, 11) is 2.71. The number of nitrogens with zero attached hydrogens (tertiary/aromatic N) is 6. The van der Waals surface area contributed by atoms with Crippen LogP contribution in [-0.2, 0) is 37.8 Å². The lowest BCUT2D eigenvalue weighted by Gasteiger charge is -2.36. The molecule has 2 saturated carbocycles. The molecule has 1 spiro atoms. The molecule has 342 valence electrons. The van der Waals surface area contributed by atoms with Gasteiger partial charge in [-0.2, -0.15) is 10.1 Å². The summed E-state index contributed by atoms with van der Waals surface area (Å²) in [6.45, 7) is 10.2. The number of anilines is 3. The molecule has 2 saturated heterocycles. The van der Waals surface area contributed by atoms with Crippen LogP contribution in [-0.4, -0.2) is 109 Å². The zero-order valence-electron chi connectivity index (χ0n) is 37.8. The predicted octanol–water partition coefficient (Wildman–Crippen LogP) is 6.59. The number of likely N-dealkylation sites (tertiary alicyclic amines) is 1. The predicted molar refractivity (Wildman–Crippen MR) is 250 cm³/mol. The van der Waals surface area contributed by atoms with Gasteiger partial charge in [0.25, 0.3) is 0 Å². The smallest absolute Gasteiger partial charge is 0.236 e. The number of aryl methyl sites for hydroxylation is 1. The van der Waals surface area contributed by atoms with Gasteiger partial charge in [0.1, 0.15) is 23.1 Å². The van der Waals surface area contributed by atoms with Crippen LogP contribution in [0.15, 0.2) is 53.6 Å². The average molecular weight is 885 g/mol. The summed E-state index contributed by atoms with van der Waals surface area (Å²) in [5.41, 5.74) is 4.34. The Labute approximate surface area is 375 Å². The van der Waals surface area contributed by atoms with E-state index in [1.807, 2.05) is 38.7 Å². The van der Waals surface area contributed by atoms with Crippen LogP contribution in [0.1, 0.15) is 126 Å². The van der Waals surface area contributed by atoms with Crippen molar-refractivity contribution >= 4 is 58.1 Å². The third-order valence-electron chi connectivity index (χ3n) is 13.0. The number of piperidine rings is 2. The Kier molecular flexibility index (Phi) is 17.2. The van der Waals surface area contributed by atoms with E-state index in [0.717, 1.165) is 105 Å². The highest BCUT2D eigenvalue weighted by Crippen LogP contribution is 2.54. The molecular formula is C47H68N10O5S. The Bertz CT molecular complexity index is 2150. The number of rotatable bonds is 12. The second-order valence-electron chi connectivity index (χ2n) is 17.0. The van der Waals surface area contributed by atoms with E-state index < -0.39 is 11.0 Å². The van der Waals surface area contributed by atoms with E-state index in [9.17, 15) is 18.6 Å². The van der Waals surface area contributed by atoms with Crippen LogP contribution in [0.4, 0.5) is 17.6 Å². The van der Waals surface area contributed by atoms with E-state index in [2.05, 4.69) is 88.9 Å². The van der Waals surface area contributed by atoms with E-state index in [1.54, 1.807) is 6.20 Å². The zero-order valence-corrected chi connectivity index (χ0v) is 38.6. The molecule has 2 aliphatic carbocycles. The zero-order chi connectivity index (χ0) is 44.9. The number of fused-ring (bicyclic) bond motifs is 3. The lowest BCUT2D eigenvalue weighted by atomic mass is 9.88. The number of aldehydes is 1. The van der Waals surface area contributed by atoms with Crippen molar-refractivity contribution in [3.05, 3.63) is 65.4 Å². The largest absolute Gasteiger partial charge is 0.393 e. The molecule has 3 aliphatic heterocycles. The van der Waals surface area contributed by atoms with Gasteiger partial charge in [-0.05, 0) is 113 Å². The van der Waals surface area contributed by atoms with Gasteiger partial charge in [-0.15, -0.1) is 0 Å².